The molecule has 45 heavy (non-hydrogen) atoms. The van der Waals surface area contributed by atoms with E-state index in [1.807, 2.05) is 0 Å². The molecular formula is C38H61Br4ClN2. The molecule has 2 aromatic rings. The van der Waals surface area contributed by atoms with Gasteiger partial charge in [-0.15, -0.1) is 12.4 Å². The quantitative estimate of drug-likeness (QED) is 0.0592. The van der Waals surface area contributed by atoms with E-state index in [2.05, 4.69) is 114 Å². The minimum atomic E-state index is -0.610. The summed E-state index contributed by atoms with van der Waals surface area (Å²) in [6, 6.07) is 9.13. The summed E-state index contributed by atoms with van der Waals surface area (Å²) >= 11 is 15.7. The van der Waals surface area contributed by atoms with Crippen molar-refractivity contribution in [2.24, 2.45) is 5.84 Å². The largest absolute Gasteiger partial charge is 0.270 e. The van der Waals surface area contributed by atoms with Crippen molar-refractivity contribution >= 4 is 76.1 Å². The van der Waals surface area contributed by atoms with E-state index in [1.54, 1.807) is 0 Å². The number of hydrazine groups is 1. The number of hydrogen-bond acceptors (Lipinski definition) is 2. The zero-order valence-corrected chi connectivity index (χ0v) is 35.5. The summed E-state index contributed by atoms with van der Waals surface area (Å²) in [5.41, 5.74) is 7.49. The third-order valence-electron chi connectivity index (χ3n) is 9.13. The zero-order chi connectivity index (χ0) is 32.2. The minimum absolute atomic E-state index is 0. The van der Waals surface area contributed by atoms with E-state index >= 15 is 0 Å². The zero-order valence-electron chi connectivity index (χ0n) is 28.4. The molecule has 0 aliphatic heterocycles. The molecule has 0 atom stereocenters. The number of aryl methyl sites for hydroxylation is 2. The number of hydrogen-bond donors (Lipinski definition) is 2. The molecule has 0 spiro atoms. The first-order chi connectivity index (χ1) is 21.3. The summed E-state index contributed by atoms with van der Waals surface area (Å²) in [6.07, 6.45) is 29.4. The highest BCUT2D eigenvalue weighted by atomic mass is 79.9. The summed E-state index contributed by atoms with van der Waals surface area (Å²) in [7, 11) is 0. The first kappa shape index (κ1) is 43.6. The van der Waals surface area contributed by atoms with Crippen molar-refractivity contribution in [2.45, 2.75) is 168 Å². The average Bonchev–Trinajstić information content (AvgIpc) is 2.98. The second-order valence-corrected chi connectivity index (χ2v) is 16.4. The van der Waals surface area contributed by atoms with Gasteiger partial charge in [-0.2, -0.15) is 0 Å². The molecule has 0 heterocycles. The Morgan fingerprint density at radius 3 is 0.978 bits per heavy atom. The van der Waals surface area contributed by atoms with Crippen molar-refractivity contribution in [3.63, 3.8) is 0 Å². The molecule has 0 radical (unpaired) electrons. The van der Waals surface area contributed by atoms with Crippen molar-refractivity contribution in [3.8, 4) is 0 Å². The van der Waals surface area contributed by atoms with E-state index in [9.17, 15) is 0 Å². The molecule has 0 aromatic heterocycles. The van der Waals surface area contributed by atoms with E-state index in [1.165, 1.54) is 140 Å². The van der Waals surface area contributed by atoms with Crippen molar-refractivity contribution in [2.75, 3.05) is 0 Å². The molecule has 0 fully saturated rings. The fourth-order valence-corrected chi connectivity index (χ4v) is 10.5. The van der Waals surface area contributed by atoms with Crippen LogP contribution in [0.3, 0.4) is 0 Å². The first-order valence-electron chi connectivity index (χ1n) is 17.7. The van der Waals surface area contributed by atoms with Gasteiger partial charge in [-0.3, -0.25) is 5.84 Å². The van der Waals surface area contributed by atoms with Crippen LogP contribution in [-0.2, 0) is 18.4 Å². The maximum absolute atomic E-state index is 6.33. The van der Waals surface area contributed by atoms with Gasteiger partial charge in [0.15, 0.2) is 0 Å². The maximum Gasteiger partial charge on any atom is 0.0834 e. The summed E-state index contributed by atoms with van der Waals surface area (Å²) in [5, 5.41) is 0. The van der Waals surface area contributed by atoms with Gasteiger partial charge in [0.2, 0.25) is 0 Å². The third-order valence-corrected chi connectivity index (χ3v) is 11.6. The highest BCUT2D eigenvalue weighted by Crippen LogP contribution is 2.45. The SMILES string of the molecule is CCCCCCCCCCCCc1cc(Br)c(C(C)(NN)c2c(Br)cc(CCCCCCCCCCCC)cc2Br)c(Br)c1.Cl. The monoisotopic (exact) mass is 896 g/mol. The number of benzene rings is 2. The number of unbranched alkanes of at least 4 members (excludes halogenated alkanes) is 18. The smallest absolute Gasteiger partial charge is 0.0834 e. The summed E-state index contributed by atoms with van der Waals surface area (Å²) < 4.78 is 4.29. The van der Waals surface area contributed by atoms with Crippen LogP contribution in [0.25, 0.3) is 0 Å². The van der Waals surface area contributed by atoms with Crippen molar-refractivity contribution in [1.29, 1.82) is 0 Å². The van der Waals surface area contributed by atoms with Gasteiger partial charge in [-0.05, 0) is 68.0 Å². The number of nitrogens with two attached hydrogens (primary N) is 1. The highest BCUT2D eigenvalue weighted by Gasteiger charge is 2.35. The Balaban J connectivity index is 0.0000101. The van der Waals surface area contributed by atoms with Crippen LogP contribution in [0.2, 0.25) is 0 Å². The lowest BCUT2D eigenvalue weighted by molar-refractivity contribution is 0.444. The molecule has 258 valence electrons. The Morgan fingerprint density at radius 2 is 0.733 bits per heavy atom. The van der Waals surface area contributed by atoms with Crippen molar-refractivity contribution in [1.82, 2.24) is 5.43 Å². The average molecular weight is 901 g/mol. The van der Waals surface area contributed by atoms with Gasteiger partial charge >= 0.3 is 0 Å². The van der Waals surface area contributed by atoms with Crippen LogP contribution in [0, 0.1) is 0 Å². The molecule has 0 aliphatic rings. The van der Waals surface area contributed by atoms with E-state index in [0.717, 1.165) is 41.9 Å². The van der Waals surface area contributed by atoms with E-state index in [-0.39, 0.29) is 12.4 Å². The van der Waals surface area contributed by atoms with Gasteiger partial charge < -0.3 is 0 Å². The van der Waals surface area contributed by atoms with Crippen LogP contribution in [0.5, 0.6) is 0 Å². The Bertz CT molecular complexity index is 952. The predicted molar refractivity (Wildman–Crippen MR) is 216 cm³/mol. The van der Waals surface area contributed by atoms with Crippen molar-refractivity contribution < 1.29 is 0 Å². The Labute approximate surface area is 316 Å². The summed E-state index contributed by atoms with van der Waals surface area (Å²) in [6.45, 7) is 6.73. The van der Waals surface area contributed by atoms with Gasteiger partial charge in [-0.1, -0.05) is 193 Å². The normalized spacial score (nSPS) is 11.6. The van der Waals surface area contributed by atoms with Crippen LogP contribution in [-0.4, -0.2) is 0 Å². The molecule has 0 saturated carbocycles. The number of halogens is 5. The summed E-state index contributed by atoms with van der Waals surface area (Å²) in [4.78, 5) is 0. The van der Waals surface area contributed by atoms with Gasteiger partial charge in [0, 0.05) is 29.0 Å². The second-order valence-electron chi connectivity index (χ2n) is 13.0. The van der Waals surface area contributed by atoms with E-state index in [0.29, 0.717) is 0 Å². The molecule has 0 unspecified atom stereocenters. The van der Waals surface area contributed by atoms with Crippen LogP contribution in [0.15, 0.2) is 42.2 Å². The number of nitrogens with one attached hydrogen (secondary N) is 1. The highest BCUT2D eigenvalue weighted by molar-refractivity contribution is 9.11. The Kier molecular flexibility index (Phi) is 24.7. The lowest BCUT2D eigenvalue weighted by atomic mass is 9.84. The number of rotatable bonds is 25. The third kappa shape index (κ3) is 15.8. The Morgan fingerprint density at radius 1 is 0.489 bits per heavy atom. The molecule has 2 aromatic carbocycles. The van der Waals surface area contributed by atoms with Crippen LogP contribution in [0.1, 0.15) is 171 Å². The van der Waals surface area contributed by atoms with E-state index in [4.69, 9.17) is 5.84 Å². The molecular weight excluding hydrogens is 840 g/mol. The van der Waals surface area contributed by atoms with Gasteiger partial charge in [0.05, 0.1) is 5.54 Å². The topological polar surface area (TPSA) is 38.0 Å². The Hall–Kier alpha value is 0.570. The standard InChI is InChI=1S/C38H60Br4N2.ClH/c1-4-6-8-10-12-14-16-18-20-22-24-30-26-32(39)36(33(40)27-30)38(3,44-43)37-34(41)28-31(29-35(37)42)25-23-21-19-17-15-13-11-9-7-5-2;/h26-29,44H,4-25,43H2,1-3H3;1H. The van der Waals surface area contributed by atoms with Gasteiger partial charge in [0.25, 0.3) is 0 Å². The predicted octanol–water partition coefficient (Wildman–Crippen LogP) is 14.8. The molecule has 2 nitrogen and oxygen atoms in total. The molecule has 0 bridgehead atoms. The van der Waals surface area contributed by atoms with Gasteiger partial charge in [0.1, 0.15) is 0 Å². The summed E-state index contributed by atoms with van der Waals surface area (Å²) in [5.74, 6) is 6.33. The fourth-order valence-electron chi connectivity index (χ4n) is 6.40. The second kappa shape index (κ2) is 25.5. The van der Waals surface area contributed by atoms with Crippen LogP contribution < -0.4 is 11.3 Å². The molecule has 2 rings (SSSR count). The molecule has 0 aliphatic carbocycles. The fraction of sp³-hybridized carbons (Fsp3) is 0.684. The van der Waals surface area contributed by atoms with Crippen LogP contribution in [0.4, 0.5) is 0 Å². The lowest BCUT2D eigenvalue weighted by Crippen LogP contribution is -2.46. The molecule has 0 saturated heterocycles. The lowest BCUT2D eigenvalue weighted by Gasteiger charge is -2.34. The van der Waals surface area contributed by atoms with Gasteiger partial charge in [-0.25, -0.2) is 5.43 Å². The first-order valence-corrected chi connectivity index (χ1v) is 20.9. The van der Waals surface area contributed by atoms with E-state index < -0.39 is 5.54 Å². The molecule has 7 heteroatoms. The molecule has 0 amide bonds. The maximum atomic E-state index is 6.33. The van der Waals surface area contributed by atoms with Crippen LogP contribution >= 0.6 is 76.1 Å². The minimum Gasteiger partial charge on any atom is -0.270 e. The molecule has 3 N–H and O–H groups in total. The van der Waals surface area contributed by atoms with Crippen molar-refractivity contribution in [3.05, 3.63) is 64.4 Å².